The molecule has 1 unspecified atom stereocenters. The summed E-state index contributed by atoms with van der Waals surface area (Å²) >= 11 is 0. The number of benzene rings is 1. The lowest BCUT2D eigenvalue weighted by Crippen LogP contribution is -2.53. The fraction of sp³-hybridized carbons (Fsp3) is 0.316. The van der Waals surface area contributed by atoms with Crippen LogP contribution in [0.5, 0.6) is 5.75 Å². The molecule has 28 heavy (non-hydrogen) atoms. The minimum absolute atomic E-state index is 0.00416. The number of carboxylic acids is 1. The van der Waals surface area contributed by atoms with Crippen LogP contribution in [0.15, 0.2) is 30.5 Å². The van der Waals surface area contributed by atoms with Gasteiger partial charge in [-0.1, -0.05) is 18.2 Å². The lowest BCUT2D eigenvalue weighted by Gasteiger charge is -2.28. The SMILES string of the molecule is CN1Cc2cc(CC(=O)NC3Cc4cccc(C(=O)O)c4OB3O)cnc2C1. The lowest BCUT2D eigenvalue weighted by atomic mass is 9.72. The fourth-order valence-corrected chi connectivity index (χ4v) is 3.73. The van der Waals surface area contributed by atoms with Gasteiger partial charge in [-0.3, -0.25) is 14.7 Å². The van der Waals surface area contributed by atoms with Gasteiger partial charge in [-0.15, -0.1) is 0 Å². The van der Waals surface area contributed by atoms with Crippen molar-refractivity contribution in [3.05, 3.63) is 58.4 Å². The number of carboxylic acid groups (broad SMARTS) is 1. The van der Waals surface area contributed by atoms with E-state index in [1.54, 1.807) is 18.3 Å². The van der Waals surface area contributed by atoms with Gasteiger partial charge in [0, 0.05) is 19.3 Å². The van der Waals surface area contributed by atoms with Crippen LogP contribution in [-0.4, -0.2) is 52.0 Å². The van der Waals surface area contributed by atoms with Crippen molar-refractivity contribution < 1.29 is 24.4 Å². The Morgan fingerprint density at radius 1 is 1.36 bits per heavy atom. The molecule has 8 nitrogen and oxygen atoms in total. The molecule has 1 aromatic carbocycles. The number of nitrogens with one attached hydrogen (secondary N) is 1. The molecule has 1 aromatic heterocycles. The molecule has 4 rings (SSSR count). The topological polar surface area (TPSA) is 112 Å². The molecule has 9 heteroatoms. The summed E-state index contributed by atoms with van der Waals surface area (Å²) in [6, 6.07) is 6.77. The van der Waals surface area contributed by atoms with Crippen molar-refractivity contribution in [2.75, 3.05) is 7.05 Å². The van der Waals surface area contributed by atoms with E-state index in [9.17, 15) is 19.7 Å². The maximum absolute atomic E-state index is 12.5. The van der Waals surface area contributed by atoms with Gasteiger partial charge >= 0.3 is 13.1 Å². The minimum atomic E-state index is -1.32. The van der Waals surface area contributed by atoms with Gasteiger partial charge in [0.2, 0.25) is 5.91 Å². The first-order valence-corrected chi connectivity index (χ1v) is 9.05. The number of rotatable bonds is 4. The van der Waals surface area contributed by atoms with Crippen molar-refractivity contribution in [1.29, 1.82) is 0 Å². The first-order chi connectivity index (χ1) is 13.4. The summed E-state index contributed by atoms with van der Waals surface area (Å²) in [5, 5.41) is 22.3. The highest BCUT2D eigenvalue weighted by Crippen LogP contribution is 2.30. The maximum Gasteiger partial charge on any atom is 0.547 e. The number of pyridine rings is 1. The highest BCUT2D eigenvalue weighted by molar-refractivity contribution is 6.47. The molecule has 0 saturated carbocycles. The second-order valence-corrected chi connectivity index (χ2v) is 7.28. The molecule has 2 aliphatic heterocycles. The molecule has 0 spiro atoms. The molecule has 0 radical (unpaired) electrons. The number of carbonyl (C=O) groups is 2. The van der Waals surface area contributed by atoms with Crippen LogP contribution in [0, 0.1) is 0 Å². The highest BCUT2D eigenvalue weighted by atomic mass is 16.5. The number of hydrogen-bond donors (Lipinski definition) is 3. The van der Waals surface area contributed by atoms with Crippen LogP contribution >= 0.6 is 0 Å². The third-order valence-corrected chi connectivity index (χ3v) is 5.04. The predicted molar refractivity (Wildman–Crippen MR) is 101 cm³/mol. The van der Waals surface area contributed by atoms with Crippen LogP contribution < -0.4 is 9.97 Å². The summed E-state index contributed by atoms with van der Waals surface area (Å²) < 4.78 is 5.40. The third kappa shape index (κ3) is 3.58. The summed E-state index contributed by atoms with van der Waals surface area (Å²) in [4.78, 5) is 30.4. The van der Waals surface area contributed by atoms with Crippen molar-refractivity contribution in [2.45, 2.75) is 31.9 Å². The van der Waals surface area contributed by atoms with Gasteiger partial charge < -0.3 is 20.1 Å². The lowest BCUT2D eigenvalue weighted by molar-refractivity contribution is -0.120. The van der Waals surface area contributed by atoms with Gasteiger partial charge in [-0.25, -0.2) is 4.79 Å². The molecule has 3 heterocycles. The van der Waals surface area contributed by atoms with Crippen LogP contribution in [-0.2, 0) is 30.7 Å². The fourth-order valence-electron chi connectivity index (χ4n) is 3.73. The van der Waals surface area contributed by atoms with E-state index in [4.69, 9.17) is 4.65 Å². The molecule has 2 aliphatic rings. The Bertz CT molecular complexity index is 951. The zero-order chi connectivity index (χ0) is 19.8. The summed E-state index contributed by atoms with van der Waals surface area (Å²) in [6.07, 6.45) is 2.14. The largest absolute Gasteiger partial charge is 0.547 e. The van der Waals surface area contributed by atoms with Gasteiger partial charge in [-0.2, -0.15) is 0 Å². The number of aromatic nitrogens is 1. The summed E-state index contributed by atoms with van der Waals surface area (Å²) in [7, 11) is 0.704. The van der Waals surface area contributed by atoms with Gasteiger partial charge in [0.15, 0.2) is 0 Å². The van der Waals surface area contributed by atoms with E-state index in [2.05, 4.69) is 15.2 Å². The standard InChI is InChI=1S/C19H20BN3O5/c1-23-9-13-5-11(8-21-15(13)10-23)6-17(24)22-16-7-12-3-2-4-14(19(25)26)18(12)28-20(16)27/h2-5,8,16,27H,6-7,9-10H2,1H3,(H,22,24)(H,25,26). The molecular formula is C19H20BN3O5. The van der Waals surface area contributed by atoms with Gasteiger partial charge in [0.05, 0.1) is 23.6 Å². The van der Waals surface area contributed by atoms with Crippen LogP contribution in [0.3, 0.4) is 0 Å². The molecule has 0 saturated heterocycles. The monoisotopic (exact) mass is 381 g/mol. The quantitative estimate of drug-likeness (QED) is 0.658. The van der Waals surface area contributed by atoms with Crippen LogP contribution in [0.1, 0.15) is 32.7 Å². The number of aromatic carboxylic acids is 1. The van der Waals surface area contributed by atoms with E-state index in [0.29, 0.717) is 5.56 Å². The number of hydrogen-bond acceptors (Lipinski definition) is 6. The zero-order valence-corrected chi connectivity index (χ0v) is 15.4. The Kier molecular flexibility index (Phi) is 4.78. The average Bonchev–Trinajstić information content (AvgIpc) is 3.01. The first kappa shape index (κ1) is 18.5. The Balaban J connectivity index is 1.43. The summed E-state index contributed by atoms with van der Waals surface area (Å²) in [6.45, 7) is 1.63. The van der Waals surface area contributed by atoms with Crippen molar-refractivity contribution in [3.8, 4) is 5.75 Å². The molecule has 1 amide bonds. The number of para-hydroxylation sites is 1. The van der Waals surface area contributed by atoms with E-state index < -0.39 is 19.0 Å². The second kappa shape index (κ2) is 7.25. The highest BCUT2D eigenvalue weighted by Gasteiger charge is 2.37. The van der Waals surface area contributed by atoms with E-state index in [1.165, 1.54) is 6.07 Å². The van der Waals surface area contributed by atoms with Gasteiger partial charge in [0.25, 0.3) is 0 Å². The van der Waals surface area contributed by atoms with Crippen LogP contribution in [0.25, 0.3) is 0 Å². The van der Waals surface area contributed by atoms with Crippen molar-refractivity contribution in [1.82, 2.24) is 15.2 Å². The smallest absolute Gasteiger partial charge is 0.534 e. The third-order valence-electron chi connectivity index (χ3n) is 5.04. The van der Waals surface area contributed by atoms with Crippen LogP contribution in [0.4, 0.5) is 0 Å². The van der Waals surface area contributed by atoms with Crippen molar-refractivity contribution >= 4 is 19.0 Å². The van der Waals surface area contributed by atoms with Gasteiger partial charge in [-0.05, 0) is 36.2 Å². The Morgan fingerprint density at radius 3 is 2.96 bits per heavy atom. The zero-order valence-electron chi connectivity index (χ0n) is 15.4. The van der Waals surface area contributed by atoms with Crippen molar-refractivity contribution in [3.63, 3.8) is 0 Å². The molecule has 0 fully saturated rings. The number of nitrogens with zero attached hydrogens (tertiary/aromatic N) is 2. The maximum atomic E-state index is 12.5. The van der Waals surface area contributed by atoms with Crippen molar-refractivity contribution in [2.24, 2.45) is 0 Å². The Hall–Kier alpha value is -2.91. The van der Waals surface area contributed by atoms with E-state index in [0.717, 1.165) is 29.9 Å². The molecular weight excluding hydrogens is 361 g/mol. The van der Waals surface area contributed by atoms with E-state index in [-0.39, 0.29) is 30.1 Å². The summed E-state index contributed by atoms with van der Waals surface area (Å²) in [5.74, 6) is -1.88. The number of carbonyl (C=O) groups excluding carboxylic acids is 1. The molecule has 0 aliphatic carbocycles. The second-order valence-electron chi connectivity index (χ2n) is 7.28. The minimum Gasteiger partial charge on any atom is -0.534 e. The Morgan fingerprint density at radius 2 is 2.18 bits per heavy atom. The molecule has 144 valence electrons. The van der Waals surface area contributed by atoms with Gasteiger partial charge in [0.1, 0.15) is 5.75 Å². The number of fused-ring (bicyclic) bond motifs is 2. The molecule has 0 bridgehead atoms. The molecule has 3 N–H and O–H groups in total. The van der Waals surface area contributed by atoms with Crippen LogP contribution in [0.2, 0.25) is 0 Å². The summed E-state index contributed by atoms with van der Waals surface area (Å²) in [5.41, 5.74) is 3.61. The Labute approximate surface area is 162 Å². The van der Waals surface area contributed by atoms with E-state index >= 15 is 0 Å². The number of amides is 1. The average molecular weight is 381 g/mol. The van der Waals surface area contributed by atoms with E-state index in [1.807, 2.05) is 13.1 Å². The molecule has 2 aromatic rings. The normalized spacial score (nSPS) is 18.2. The first-order valence-electron chi connectivity index (χ1n) is 9.05. The molecule has 1 atom stereocenters. The predicted octanol–water partition coefficient (Wildman–Crippen LogP) is 0.407.